The van der Waals surface area contributed by atoms with Crippen LogP contribution in [0, 0.1) is 5.92 Å². The summed E-state index contributed by atoms with van der Waals surface area (Å²) in [6.45, 7) is 10.1. The summed E-state index contributed by atoms with van der Waals surface area (Å²) in [5.74, 6) is 0.833. The van der Waals surface area contributed by atoms with Gasteiger partial charge in [-0.3, -0.25) is 0 Å². The van der Waals surface area contributed by atoms with Crippen LogP contribution in [0.2, 0.25) is 0 Å². The van der Waals surface area contributed by atoms with E-state index in [-0.39, 0.29) is 6.29 Å². The van der Waals surface area contributed by atoms with Gasteiger partial charge in [-0.15, -0.1) is 0 Å². The summed E-state index contributed by atoms with van der Waals surface area (Å²) < 4.78 is 11.0. The number of hydrogen-bond acceptors (Lipinski definition) is 2. The molecule has 0 saturated carbocycles. The Hall–Kier alpha value is -0.0800. The van der Waals surface area contributed by atoms with Crippen molar-refractivity contribution in [3.8, 4) is 0 Å². The average molecular weight is 216 g/mol. The highest BCUT2D eigenvalue weighted by Gasteiger charge is 2.06. The summed E-state index contributed by atoms with van der Waals surface area (Å²) >= 11 is 0. The highest BCUT2D eigenvalue weighted by atomic mass is 16.7. The summed E-state index contributed by atoms with van der Waals surface area (Å²) in [6.07, 6.45) is 6.27. The predicted molar refractivity (Wildman–Crippen MR) is 65.0 cm³/mol. The van der Waals surface area contributed by atoms with Crippen molar-refractivity contribution in [2.75, 3.05) is 13.2 Å². The van der Waals surface area contributed by atoms with Gasteiger partial charge in [-0.1, -0.05) is 33.1 Å². The highest BCUT2D eigenvalue weighted by Crippen LogP contribution is 2.12. The largest absolute Gasteiger partial charge is 0.353 e. The van der Waals surface area contributed by atoms with E-state index in [1.165, 1.54) is 25.7 Å². The van der Waals surface area contributed by atoms with Crippen LogP contribution in [-0.4, -0.2) is 19.5 Å². The SMILES string of the molecule is CCOC(CCCCCC(C)C)OCC. The van der Waals surface area contributed by atoms with Crippen molar-refractivity contribution >= 4 is 0 Å². The zero-order valence-corrected chi connectivity index (χ0v) is 10.9. The first kappa shape index (κ1) is 14.9. The monoisotopic (exact) mass is 216 g/mol. The molecule has 0 aliphatic heterocycles. The van der Waals surface area contributed by atoms with E-state index in [0.717, 1.165) is 25.6 Å². The van der Waals surface area contributed by atoms with Gasteiger partial charge in [0, 0.05) is 13.2 Å². The maximum Gasteiger partial charge on any atom is 0.157 e. The van der Waals surface area contributed by atoms with E-state index in [0.29, 0.717) is 0 Å². The van der Waals surface area contributed by atoms with Gasteiger partial charge < -0.3 is 9.47 Å². The average Bonchev–Trinajstić information content (AvgIpc) is 2.17. The minimum absolute atomic E-state index is 0.0269. The Morgan fingerprint density at radius 2 is 1.33 bits per heavy atom. The van der Waals surface area contributed by atoms with Crippen LogP contribution in [0.25, 0.3) is 0 Å². The maximum atomic E-state index is 5.49. The Bertz CT molecular complexity index is 118. The van der Waals surface area contributed by atoms with Crippen LogP contribution in [0.5, 0.6) is 0 Å². The second kappa shape index (κ2) is 10.4. The second-order valence-electron chi connectivity index (χ2n) is 4.37. The lowest BCUT2D eigenvalue weighted by Gasteiger charge is -2.16. The molecule has 2 heteroatoms. The van der Waals surface area contributed by atoms with Crippen molar-refractivity contribution in [1.29, 1.82) is 0 Å². The Balaban J connectivity index is 3.36. The number of rotatable bonds is 10. The van der Waals surface area contributed by atoms with Gasteiger partial charge in [0.05, 0.1) is 0 Å². The van der Waals surface area contributed by atoms with Gasteiger partial charge in [0.1, 0.15) is 0 Å². The summed E-state index contributed by atoms with van der Waals surface area (Å²) in [6, 6.07) is 0. The van der Waals surface area contributed by atoms with Gasteiger partial charge in [0.15, 0.2) is 6.29 Å². The lowest BCUT2D eigenvalue weighted by Crippen LogP contribution is -2.17. The Labute approximate surface area is 95.3 Å². The van der Waals surface area contributed by atoms with Crippen LogP contribution in [0.4, 0.5) is 0 Å². The molecular weight excluding hydrogens is 188 g/mol. The first-order valence-corrected chi connectivity index (χ1v) is 6.43. The van der Waals surface area contributed by atoms with E-state index < -0.39 is 0 Å². The molecular formula is C13H28O2. The summed E-state index contributed by atoms with van der Waals surface area (Å²) in [5, 5.41) is 0. The predicted octanol–water partition coefficient (Wildman–Crippen LogP) is 3.99. The molecule has 0 aromatic rings. The second-order valence-corrected chi connectivity index (χ2v) is 4.37. The lowest BCUT2D eigenvalue weighted by atomic mass is 10.0. The molecule has 0 fully saturated rings. The van der Waals surface area contributed by atoms with E-state index in [2.05, 4.69) is 13.8 Å². The maximum absolute atomic E-state index is 5.49. The van der Waals surface area contributed by atoms with Crippen LogP contribution < -0.4 is 0 Å². The molecule has 0 spiro atoms. The number of unbranched alkanes of at least 4 members (excludes halogenated alkanes) is 2. The minimum atomic E-state index is 0.0269. The summed E-state index contributed by atoms with van der Waals surface area (Å²) in [5.41, 5.74) is 0. The molecule has 0 aromatic heterocycles. The summed E-state index contributed by atoms with van der Waals surface area (Å²) in [7, 11) is 0. The Kier molecular flexibility index (Phi) is 10.4. The van der Waals surface area contributed by atoms with Crippen LogP contribution in [0.15, 0.2) is 0 Å². The van der Waals surface area contributed by atoms with Crippen molar-refractivity contribution in [2.45, 2.75) is 66.1 Å². The van der Waals surface area contributed by atoms with Crippen molar-refractivity contribution in [2.24, 2.45) is 5.92 Å². The Morgan fingerprint density at radius 3 is 1.80 bits per heavy atom. The van der Waals surface area contributed by atoms with Gasteiger partial charge in [-0.25, -0.2) is 0 Å². The molecule has 0 N–H and O–H groups in total. The van der Waals surface area contributed by atoms with Crippen LogP contribution in [-0.2, 0) is 9.47 Å². The molecule has 0 heterocycles. The first-order chi connectivity index (χ1) is 7.20. The fourth-order valence-electron chi connectivity index (χ4n) is 1.63. The minimum Gasteiger partial charge on any atom is -0.353 e. The molecule has 0 saturated heterocycles. The molecule has 0 aromatic carbocycles. The lowest BCUT2D eigenvalue weighted by molar-refractivity contribution is -0.140. The molecule has 0 rings (SSSR count). The zero-order chi connectivity index (χ0) is 11.5. The van der Waals surface area contributed by atoms with Crippen molar-refractivity contribution < 1.29 is 9.47 Å². The van der Waals surface area contributed by atoms with Crippen molar-refractivity contribution in [1.82, 2.24) is 0 Å². The smallest absolute Gasteiger partial charge is 0.157 e. The molecule has 0 bridgehead atoms. The van der Waals surface area contributed by atoms with Crippen LogP contribution in [0.1, 0.15) is 59.8 Å². The van der Waals surface area contributed by atoms with E-state index in [1.807, 2.05) is 13.8 Å². The normalized spacial score (nSPS) is 11.6. The first-order valence-electron chi connectivity index (χ1n) is 6.43. The fourth-order valence-corrected chi connectivity index (χ4v) is 1.63. The van der Waals surface area contributed by atoms with Crippen LogP contribution in [0.3, 0.4) is 0 Å². The topological polar surface area (TPSA) is 18.5 Å². The third kappa shape index (κ3) is 10.2. The van der Waals surface area contributed by atoms with Crippen molar-refractivity contribution in [3.63, 3.8) is 0 Å². The molecule has 2 nitrogen and oxygen atoms in total. The third-order valence-corrected chi connectivity index (χ3v) is 2.43. The van der Waals surface area contributed by atoms with E-state index in [4.69, 9.17) is 9.47 Å². The van der Waals surface area contributed by atoms with E-state index in [9.17, 15) is 0 Å². The summed E-state index contributed by atoms with van der Waals surface area (Å²) in [4.78, 5) is 0. The number of hydrogen-bond donors (Lipinski definition) is 0. The van der Waals surface area contributed by atoms with Gasteiger partial charge in [-0.05, 0) is 32.6 Å². The molecule has 0 atom stereocenters. The van der Waals surface area contributed by atoms with Gasteiger partial charge in [0.2, 0.25) is 0 Å². The Morgan fingerprint density at radius 1 is 0.800 bits per heavy atom. The van der Waals surface area contributed by atoms with Gasteiger partial charge in [-0.2, -0.15) is 0 Å². The molecule has 0 unspecified atom stereocenters. The molecule has 0 amide bonds. The quantitative estimate of drug-likeness (QED) is 0.406. The molecule has 15 heavy (non-hydrogen) atoms. The molecule has 0 aliphatic rings. The van der Waals surface area contributed by atoms with Crippen molar-refractivity contribution in [3.05, 3.63) is 0 Å². The number of ether oxygens (including phenoxy) is 2. The molecule has 0 radical (unpaired) electrons. The van der Waals surface area contributed by atoms with Crippen LogP contribution >= 0.6 is 0 Å². The van der Waals surface area contributed by atoms with Gasteiger partial charge in [0.25, 0.3) is 0 Å². The zero-order valence-electron chi connectivity index (χ0n) is 10.9. The van der Waals surface area contributed by atoms with Gasteiger partial charge >= 0.3 is 0 Å². The van der Waals surface area contributed by atoms with E-state index >= 15 is 0 Å². The van der Waals surface area contributed by atoms with E-state index in [1.54, 1.807) is 0 Å². The standard InChI is InChI=1S/C13H28O2/c1-5-14-13(15-6-2)11-9-7-8-10-12(3)4/h12-13H,5-11H2,1-4H3. The molecule has 92 valence electrons. The molecule has 0 aliphatic carbocycles. The third-order valence-electron chi connectivity index (χ3n) is 2.43. The highest BCUT2D eigenvalue weighted by molar-refractivity contribution is 4.50. The fraction of sp³-hybridized carbons (Fsp3) is 1.00.